The predicted octanol–water partition coefficient (Wildman–Crippen LogP) is 2.33. The molecule has 1 saturated heterocycles. The molecule has 1 aromatic heterocycles. The minimum absolute atomic E-state index is 0.599. The van der Waals surface area contributed by atoms with E-state index in [0.717, 1.165) is 18.2 Å². The third kappa shape index (κ3) is 2.62. The van der Waals surface area contributed by atoms with E-state index in [2.05, 4.69) is 28.9 Å². The molecule has 0 bridgehead atoms. The minimum Gasteiger partial charge on any atom is -0.344 e. The summed E-state index contributed by atoms with van der Waals surface area (Å²) in [6.07, 6.45) is 2.52. The minimum atomic E-state index is 0.599. The van der Waals surface area contributed by atoms with E-state index in [1.807, 2.05) is 5.38 Å². The van der Waals surface area contributed by atoms with Gasteiger partial charge in [-0.3, -0.25) is 0 Å². The van der Waals surface area contributed by atoms with Gasteiger partial charge >= 0.3 is 0 Å². The predicted molar refractivity (Wildman–Crippen MR) is 66.0 cm³/mol. The molecule has 0 amide bonds. The van der Waals surface area contributed by atoms with Crippen molar-refractivity contribution in [3.63, 3.8) is 0 Å². The maximum absolute atomic E-state index is 5.85. The molecule has 2 heterocycles. The van der Waals surface area contributed by atoms with Crippen molar-refractivity contribution in [3.8, 4) is 0 Å². The number of anilines is 1. The first kappa shape index (κ1) is 11.2. The molecule has 1 fully saturated rings. The summed E-state index contributed by atoms with van der Waals surface area (Å²) >= 11 is 7.50. The second-order valence-electron chi connectivity index (χ2n) is 4.20. The summed E-state index contributed by atoms with van der Waals surface area (Å²) in [6, 6.07) is 0.599. The van der Waals surface area contributed by atoms with Gasteiger partial charge in [0.1, 0.15) is 5.15 Å². The molecule has 0 spiro atoms. The highest BCUT2D eigenvalue weighted by molar-refractivity contribution is 7.14. The van der Waals surface area contributed by atoms with Crippen LogP contribution in [0.15, 0.2) is 5.38 Å². The number of hydrogen-bond donors (Lipinski definition) is 0. The lowest BCUT2D eigenvalue weighted by atomic mass is 10.2. The fourth-order valence-corrected chi connectivity index (χ4v) is 3.12. The summed E-state index contributed by atoms with van der Waals surface area (Å²) in [5.74, 6) is 0. The van der Waals surface area contributed by atoms with E-state index in [1.54, 1.807) is 11.3 Å². The van der Waals surface area contributed by atoms with E-state index in [1.165, 1.54) is 12.8 Å². The second-order valence-corrected chi connectivity index (χ2v) is 5.43. The van der Waals surface area contributed by atoms with E-state index in [-0.39, 0.29) is 0 Å². The Morgan fingerprint density at radius 3 is 3.07 bits per heavy atom. The maximum Gasteiger partial charge on any atom is 0.187 e. The SMILES string of the molecule is CN(C)CC1CCCN1c1nc(Cl)cs1. The lowest BCUT2D eigenvalue weighted by molar-refractivity contribution is 0.372. The van der Waals surface area contributed by atoms with Crippen molar-refractivity contribution in [2.75, 3.05) is 32.1 Å². The largest absolute Gasteiger partial charge is 0.344 e. The van der Waals surface area contributed by atoms with Crippen LogP contribution >= 0.6 is 22.9 Å². The van der Waals surface area contributed by atoms with E-state index in [4.69, 9.17) is 11.6 Å². The maximum atomic E-state index is 5.85. The van der Waals surface area contributed by atoms with Gasteiger partial charge in [-0.05, 0) is 26.9 Å². The Balaban J connectivity index is 2.07. The van der Waals surface area contributed by atoms with Crippen LogP contribution in [-0.4, -0.2) is 43.1 Å². The molecule has 1 aliphatic rings. The van der Waals surface area contributed by atoms with E-state index in [9.17, 15) is 0 Å². The van der Waals surface area contributed by atoms with Gasteiger partial charge in [0.05, 0.1) is 0 Å². The zero-order valence-electron chi connectivity index (χ0n) is 9.11. The molecular weight excluding hydrogens is 230 g/mol. The van der Waals surface area contributed by atoms with Crippen molar-refractivity contribution in [2.45, 2.75) is 18.9 Å². The van der Waals surface area contributed by atoms with Crippen LogP contribution in [0.1, 0.15) is 12.8 Å². The Kier molecular flexibility index (Phi) is 3.49. The van der Waals surface area contributed by atoms with Crippen molar-refractivity contribution >= 4 is 28.1 Å². The van der Waals surface area contributed by atoms with Gasteiger partial charge in [-0.15, -0.1) is 11.3 Å². The van der Waals surface area contributed by atoms with E-state index in [0.29, 0.717) is 11.2 Å². The van der Waals surface area contributed by atoms with Crippen LogP contribution in [-0.2, 0) is 0 Å². The van der Waals surface area contributed by atoms with Crippen LogP contribution in [0.5, 0.6) is 0 Å². The summed E-state index contributed by atoms with van der Waals surface area (Å²) in [5, 5.41) is 3.59. The van der Waals surface area contributed by atoms with Crippen molar-refractivity contribution in [2.24, 2.45) is 0 Å². The number of hydrogen-bond acceptors (Lipinski definition) is 4. The Bertz CT molecular complexity index is 326. The number of thiazole rings is 1. The molecule has 2 rings (SSSR count). The van der Waals surface area contributed by atoms with Crippen molar-refractivity contribution < 1.29 is 0 Å². The first-order chi connectivity index (χ1) is 7.16. The van der Waals surface area contributed by atoms with Gasteiger partial charge in [-0.2, -0.15) is 0 Å². The zero-order chi connectivity index (χ0) is 10.8. The van der Waals surface area contributed by atoms with Crippen molar-refractivity contribution in [1.82, 2.24) is 9.88 Å². The van der Waals surface area contributed by atoms with Gasteiger partial charge in [-0.1, -0.05) is 11.6 Å². The smallest absolute Gasteiger partial charge is 0.187 e. The van der Waals surface area contributed by atoms with Crippen LogP contribution in [0.3, 0.4) is 0 Å². The monoisotopic (exact) mass is 245 g/mol. The van der Waals surface area contributed by atoms with Crippen LogP contribution < -0.4 is 4.90 Å². The molecule has 84 valence electrons. The molecule has 3 nitrogen and oxygen atoms in total. The summed E-state index contributed by atoms with van der Waals surface area (Å²) < 4.78 is 0. The third-order valence-electron chi connectivity index (χ3n) is 2.66. The topological polar surface area (TPSA) is 19.4 Å². The molecule has 15 heavy (non-hydrogen) atoms. The summed E-state index contributed by atoms with van der Waals surface area (Å²) in [5.41, 5.74) is 0. The normalized spacial score (nSPS) is 21.6. The average Bonchev–Trinajstić information content (AvgIpc) is 2.72. The molecule has 5 heteroatoms. The highest BCUT2D eigenvalue weighted by Crippen LogP contribution is 2.30. The van der Waals surface area contributed by atoms with Crippen molar-refractivity contribution in [3.05, 3.63) is 10.5 Å². The number of halogens is 1. The van der Waals surface area contributed by atoms with E-state index >= 15 is 0 Å². The molecule has 1 aliphatic heterocycles. The highest BCUT2D eigenvalue weighted by Gasteiger charge is 2.26. The van der Waals surface area contributed by atoms with Gasteiger partial charge in [0.15, 0.2) is 5.13 Å². The standard InChI is InChI=1S/C10H16ClN3S/c1-13(2)6-8-4-3-5-14(8)10-12-9(11)7-15-10/h7-8H,3-6H2,1-2H3. The van der Waals surface area contributed by atoms with Gasteiger partial charge < -0.3 is 9.80 Å². The van der Waals surface area contributed by atoms with Gasteiger partial charge in [0.25, 0.3) is 0 Å². The highest BCUT2D eigenvalue weighted by atomic mass is 35.5. The second kappa shape index (κ2) is 4.68. The summed E-state index contributed by atoms with van der Waals surface area (Å²) in [7, 11) is 4.23. The van der Waals surface area contributed by atoms with Crippen LogP contribution in [0.4, 0.5) is 5.13 Å². The van der Waals surface area contributed by atoms with Gasteiger partial charge in [0, 0.05) is 24.5 Å². The first-order valence-electron chi connectivity index (χ1n) is 5.19. The lowest BCUT2D eigenvalue weighted by Crippen LogP contribution is -2.37. The fraction of sp³-hybridized carbons (Fsp3) is 0.700. The Morgan fingerprint density at radius 2 is 2.47 bits per heavy atom. The zero-order valence-corrected chi connectivity index (χ0v) is 10.7. The Morgan fingerprint density at radius 1 is 1.67 bits per heavy atom. The number of rotatable bonds is 3. The third-order valence-corrected chi connectivity index (χ3v) is 3.86. The number of aromatic nitrogens is 1. The molecule has 0 N–H and O–H groups in total. The van der Waals surface area contributed by atoms with Crippen molar-refractivity contribution in [1.29, 1.82) is 0 Å². The first-order valence-corrected chi connectivity index (χ1v) is 6.45. The van der Waals surface area contributed by atoms with Crippen LogP contribution in [0.2, 0.25) is 5.15 Å². The Labute approximate surface area is 99.7 Å². The molecule has 0 radical (unpaired) electrons. The molecule has 1 aromatic rings. The molecule has 0 saturated carbocycles. The lowest BCUT2D eigenvalue weighted by Gasteiger charge is -2.26. The average molecular weight is 246 g/mol. The molecule has 0 aliphatic carbocycles. The number of likely N-dealkylation sites (N-methyl/N-ethyl adjacent to an activating group) is 1. The van der Waals surface area contributed by atoms with Crippen LogP contribution in [0, 0.1) is 0 Å². The molecular formula is C10H16ClN3S. The fourth-order valence-electron chi connectivity index (χ4n) is 2.08. The number of nitrogens with zero attached hydrogens (tertiary/aromatic N) is 3. The molecule has 1 atom stereocenters. The molecule has 0 aromatic carbocycles. The molecule has 1 unspecified atom stereocenters. The van der Waals surface area contributed by atoms with Gasteiger partial charge in [-0.25, -0.2) is 4.98 Å². The quantitative estimate of drug-likeness (QED) is 0.815. The summed E-state index contributed by atoms with van der Waals surface area (Å²) in [4.78, 5) is 8.96. The summed E-state index contributed by atoms with van der Waals surface area (Å²) in [6.45, 7) is 2.21. The van der Waals surface area contributed by atoms with Gasteiger partial charge in [0.2, 0.25) is 0 Å². The Hall–Kier alpha value is -0.320. The van der Waals surface area contributed by atoms with Crippen LogP contribution in [0.25, 0.3) is 0 Å². The van der Waals surface area contributed by atoms with E-state index < -0.39 is 0 Å².